The number of likely N-dealkylation sites (tertiary alicyclic amines) is 1. The quantitative estimate of drug-likeness (QED) is 0.579. The Kier molecular flexibility index (Phi) is 4.39. The zero-order valence-electron chi connectivity index (χ0n) is 16.0. The minimum atomic E-state index is -1.48. The van der Waals surface area contributed by atoms with Crippen molar-refractivity contribution >= 4 is 40.9 Å². The van der Waals surface area contributed by atoms with E-state index in [1.54, 1.807) is 18.2 Å². The lowest BCUT2D eigenvalue weighted by Gasteiger charge is -2.30. The van der Waals surface area contributed by atoms with Crippen LogP contribution in [0.4, 0.5) is 5.69 Å². The van der Waals surface area contributed by atoms with Crippen molar-refractivity contribution in [3.05, 3.63) is 28.8 Å². The van der Waals surface area contributed by atoms with Crippen molar-refractivity contribution in [2.45, 2.75) is 36.9 Å². The van der Waals surface area contributed by atoms with Crippen LogP contribution >= 0.6 is 11.6 Å². The van der Waals surface area contributed by atoms with Crippen molar-refractivity contribution in [2.75, 3.05) is 18.5 Å². The number of hydrogen-bond acceptors (Lipinski definition) is 6. The second-order valence-corrected chi connectivity index (χ2v) is 8.74. The standard InChI is InChI=1S/C20H21ClN4O5/c21-9-3-4-12-11(6-9)20(19(29)23-12)16-15(13(24-20)7-14(22)26)17(27)25(18(16)28)8-10-2-1-5-30-10/h3-4,6,10,13,15-16,24H,1-2,5,7-8H2,(H2,22,26)(H,23,29). The van der Waals surface area contributed by atoms with Gasteiger partial charge in [-0.1, -0.05) is 11.6 Å². The molecule has 9 nitrogen and oxygen atoms in total. The third-order valence-corrected chi connectivity index (χ3v) is 6.83. The number of primary amides is 1. The van der Waals surface area contributed by atoms with Crippen LogP contribution in [0.2, 0.25) is 5.02 Å². The van der Waals surface area contributed by atoms with Crippen LogP contribution in [0.25, 0.3) is 0 Å². The second kappa shape index (κ2) is 6.76. The summed E-state index contributed by atoms with van der Waals surface area (Å²) in [6, 6.07) is 4.17. The van der Waals surface area contributed by atoms with Crippen LogP contribution in [-0.2, 0) is 29.5 Å². The minimum absolute atomic E-state index is 0.147. The summed E-state index contributed by atoms with van der Waals surface area (Å²) in [5.74, 6) is -3.77. The number of nitrogens with zero attached hydrogens (tertiary/aromatic N) is 1. The molecule has 4 amide bonds. The van der Waals surface area contributed by atoms with E-state index in [2.05, 4.69) is 10.6 Å². The Labute approximate surface area is 177 Å². The molecule has 3 fully saturated rings. The molecule has 0 bridgehead atoms. The molecule has 5 rings (SSSR count). The zero-order chi connectivity index (χ0) is 21.2. The first-order valence-corrected chi connectivity index (χ1v) is 10.3. The lowest BCUT2D eigenvalue weighted by atomic mass is 9.76. The van der Waals surface area contributed by atoms with Gasteiger partial charge < -0.3 is 15.8 Å². The van der Waals surface area contributed by atoms with E-state index in [0.29, 0.717) is 22.9 Å². The predicted molar refractivity (Wildman–Crippen MR) is 105 cm³/mol. The summed E-state index contributed by atoms with van der Waals surface area (Å²) in [5.41, 5.74) is 4.95. The molecule has 3 saturated heterocycles. The predicted octanol–water partition coefficient (Wildman–Crippen LogP) is 0.115. The van der Waals surface area contributed by atoms with Crippen LogP contribution in [0.5, 0.6) is 0 Å². The smallest absolute Gasteiger partial charge is 0.250 e. The number of anilines is 1. The molecule has 10 heteroatoms. The van der Waals surface area contributed by atoms with Gasteiger partial charge in [-0.3, -0.25) is 29.4 Å². The molecule has 1 aromatic carbocycles. The second-order valence-electron chi connectivity index (χ2n) is 8.30. The number of ether oxygens (including phenoxy) is 1. The maximum atomic E-state index is 13.5. The van der Waals surface area contributed by atoms with Gasteiger partial charge >= 0.3 is 0 Å². The molecule has 0 aromatic heterocycles. The summed E-state index contributed by atoms with van der Waals surface area (Å²) in [6.45, 7) is 0.742. The number of fused-ring (bicyclic) bond motifs is 4. The maximum Gasteiger partial charge on any atom is 0.250 e. The van der Waals surface area contributed by atoms with E-state index in [-0.39, 0.29) is 19.1 Å². The Morgan fingerprint density at radius 3 is 2.80 bits per heavy atom. The number of carbonyl (C=O) groups is 4. The van der Waals surface area contributed by atoms with E-state index in [4.69, 9.17) is 22.1 Å². The SMILES string of the molecule is NC(=O)CC1NC2(C(=O)Nc3ccc(Cl)cc32)C2C(=O)N(CC3CCCO3)C(=O)C12. The molecule has 4 aliphatic rings. The summed E-state index contributed by atoms with van der Waals surface area (Å²) < 4.78 is 5.60. The van der Waals surface area contributed by atoms with E-state index in [9.17, 15) is 19.2 Å². The van der Waals surface area contributed by atoms with Gasteiger partial charge in [-0.05, 0) is 31.0 Å². The van der Waals surface area contributed by atoms with Crippen molar-refractivity contribution < 1.29 is 23.9 Å². The minimum Gasteiger partial charge on any atom is -0.376 e. The molecule has 4 heterocycles. The summed E-state index contributed by atoms with van der Waals surface area (Å²) in [7, 11) is 0. The number of nitrogens with one attached hydrogen (secondary N) is 2. The molecule has 1 spiro atoms. The molecule has 30 heavy (non-hydrogen) atoms. The van der Waals surface area contributed by atoms with Gasteiger partial charge in [-0.2, -0.15) is 0 Å². The average molecular weight is 433 g/mol. The highest BCUT2D eigenvalue weighted by Gasteiger charge is 2.70. The first kappa shape index (κ1) is 19.5. The van der Waals surface area contributed by atoms with E-state index in [1.165, 1.54) is 4.90 Å². The Hall–Kier alpha value is -2.49. The Balaban J connectivity index is 1.60. The number of benzene rings is 1. The summed E-state index contributed by atoms with van der Waals surface area (Å²) in [4.78, 5) is 52.9. The molecule has 4 N–H and O–H groups in total. The van der Waals surface area contributed by atoms with E-state index in [1.807, 2.05) is 0 Å². The summed E-state index contributed by atoms with van der Waals surface area (Å²) >= 11 is 6.18. The molecular weight excluding hydrogens is 412 g/mol. The first-order valence-electron chi connectivity index (χ1n) is 9.97. The van der Waals surface area contributed by atoms with Gasteiger partial charge in [0.1, 0.15) is 5.54 Å². The van der Waals surface area contributed by atoms with Gasteiger partial charge in [0.2, 0.25) is 23.6 Å². The molecule has 158 valence electrons. The molecule has 0 saturated carbocycles. The number of hydrogen-bond donors (Lipinski definition) is 3. The van der Waals surface area contributed by atoms with E-state index >= 15 is 0 Å². The van der Waals surface area contributed by atoms with Crippen LogP contribution in [0, 0.1) is 11.8 Å². The first-order chi connectivity index (χ1) is 14.3. The molecule has 0 radical (unpaired) electrons. The van der Waals surface area contributed by atoms with Crippen molar-refractivity contribution in [3.63, 3.8) is 0 Å². The fourth-order valence-corrected chi connectivity index (χ4v) is 5.57. The van der Waals surface area contributed by atoms with Gasteiger partial charge in [-0.15, -0.1) is 0 Å². The number of halogens is 1. The third kappa shape index (κ3) is 2.62. The maximum absolute atomic E-state index is 13.5. The average Bonchev–Trinajstić information content (AvgIpc) is 3.42. The molecule has 5 unspecified atom stereocenters. The Morgan fingerprint density at radius 1 is 1.30 bits per heavy atom. The largest absolute Gasteiger partial charge is 0.376 e. The number of nitrogens with two attached hydrogens (primary N) is 1. The van der Waals surface area contributed by atoms with E-state index < -0.39 is 47.0 Å². The van der Waals surface area contributed by atoms with E-state index in [0.717, 1.165) is 12.8 Å². The van der Waals surface area contributed by atoms with Crippen molar-refractivity contribution in [1.29, 1.82) is 0 Å². The van der Waals surface area contributed by atoms with Crippen molar-refractivity contribution in [2.24, 2.45) is 17.6 Å². The summed E-state index contributed by atoms with van der Waals surface area (Å²) in [6.07, 6.45) is 1.25. The molecule has 0 aliphatic carbocycles. The van der Waals surface area contributed by atoms with Gasteiger partial charge in [0.15, 0.2) is 0 Å². The molecular formula is C20H21ClN4O5. The highest BCUT2D eigenvalue weighted by Crippen LogP contribution is 2.53. The fourth-order valence-electron chi connectivity index (χ4n) is 5.40. The fraction of sp³-hybridized carbons (Fsp3) is 0.500. The Morgan fingerprint density at radius 2 is 2.10 bits per heavy atom. The van der Waals surface area contributed by atoms with Crippen molar-refractivity contribution in [1.82, 2.24) is 10.2 Å². The lowest BCUT2D eigenvalue weighted by Crippen LogP contribution is -2.54. The molecule has 5 atom stereocenters. The highest BCUT2D eigenvalue weighted by molar-refractivity contribution is 6.31. The van der Waals surface area contributed by atoms with Gasteiger partial charge in [-0.25, -0.2) is 0 Å². The number of amides is 4. The lowest BCUT2D eigenvalue weighted by molar-refractivity contribution is -0.144. The van der Waals surface area contributed by atoms with Gasteiger partial charge in [0, 0.05) is 35.3 Å². The van der Waals surface area contributed by atoms with Gasteiger partial charge in [0.05, 0.1) is 24.5 Å². The Bertz CT molecular complexity index is 978. The number of imide groups is 1. The normalized spacial score (nSPS) is 34.6. The highest BCUT2D eigenvalue weighted by atomic mass is 35.5. The van der Waals surface area contributed by atoms with Crippen LogP contribution in [0.1, 0.15) is 24.8 Å². The zero-order valence-corrected chi connectivity index (χ0v) is 16.8. The topological polar surface area (TPSA) is 131 Å². The van der Waals surface area contributed by atoms with Gasteiger partial charge in [0.25, 0.3) is 0 Å². The molecule has 4 aliphatic heterocycles. The number of carbonyl (C=O) groups excluding carboxylic acids is 4. The van der Waals surface area contributed by atoms with Crippen LogP contribution in [0.15, 0.2) is 18.2 Å². The van der Waals surface area contributed by atoms with Crippen molar-refractivity contribution in [3.8, 4) is 0 Å². The van der Waals surface area contributed by atoms with Crippen LogP contribution in [-0.4, -0.2) is 53.8 Å². The number of rotatable bonds is 4. The molecule has 1 aromatic rings. The monoisotopic (exact) mass is 432 g/mol. The van der Waals surface area contributed by atoms with Crippen LogP contribution in [0.3, 0.4) is 0 Å². The summed E-state index contributed by atoms with van der Waals surface area (Å²) in [5, 5.41) is 6.32. The van der Waals surface area contributed by atoms with Crippen LogP contribution < -0.4 is 16.4 Å². The third-order valence-electron chi connectivity index (χ3n) is 6.60.